The van der Waals surface area contributed by atoms with Crippen LogP contribution in [0.25, 0.3) is 0 Å². The van der Waals surface area contributed by atoms with Crippen molar-refractivity contribution in [3.8, 4) is 0 Å². The van der Waals surface area contributed by atoms with E-state index in [1.807, 2.05) is 0 Å². The van der Waals surface area contributed by atoms with E-state index in [9.17, 15) is 0 Å². The van der Waals surface area contributed by atoms with Gasteiger partial charge in [0.05, 0.1) is 0 Å². The van der Waals surface area contributed by atoms with Gasteiger partial charge < -0.3 is 4.90 Å². The Balaban J connectivity index is 3.14. The van der Waals surface area contributed by atoms with Gasteiger partial charge >= 0.3 is 0 Å². The predicted molar refractivity (Wildman–Crippen MR) is 74.9 cm³/mol. The number of hydrogen-bond acceptors (Lipinski definition) is 1. The fraction of sp³-hybridized carbons (Fsp3) is 1.00. The van der Waals surface area contributed by atoms with Crippen molar-refractivity contribution in [2.24, 2.45) is 11.8 Å². The maximum absolute atomic E-state index is 2.47. The Hall–Kier alpha value is -0.0400. The lowest BCUT2D eigenvalue weighted by molar-refractivity contribution is 0.288. The first kappa shape index (κ1) is 16.0. The first-order chi connectivity index (χ1) is 7.52. The summed E-state index contributed by atoms with van der Waals surface area (Å²) in [6, 6.07) is 0. The van der Waals surface area contributed by atoms with Gasteiger partial charge in [-0.05, 0) is 31.8 Å². The highest BCUT2D eigenvalue weighted by Crippen LogP contribution is 2.10. The molecule has 0 aromatic carbocycles. The Morgan fingerprint density at radius 2 is 1.31 bits per heavy atom. The second kappa shape index (κ2) is 10.1. The molecule has 16 heavy (non-hydrogen) atoms. The Bertz CT molecular complexity index is 140. The van der Waals surface area contributed by atoms with Gasteiger partial charge in [-0.25, -0.2) is 0 Å². The van der Waals surface area contributed by atoms with Gasteiger partial charge in [0, 0.05) is 6.54 Å². The van der Waals surface area contributed by atoms with Gasteiger partial charge in [-0.15, -0.1) is 0 Å². The van der Waals surface area contributed by atoms with Gasteiger partial charge in [-0.1, -0.05) is 59.8 Å². The molecule has 0 bridgehead atoms. The molecule has 0 aliphatic heterocycles. The normalized spacial score (nSPS) is 12.0. The van der Waals surface area contributed by atoms with Crippen molar-refractivity contribution in [3.63, 3.8) is 0 Å². The van der Waals surface area contributed by atoms with Gasteiger partial charge in [0.1, 0.15) is 0 Å². The van der Waals surface area contributed by atoms with E-state index in [0.29, 0.717) is 0 Å². The molecule has 0 aromatic heterocycles. The lowest BCUT2D eigenvalue weighted by Gasteiger charge is -2.18. The monoisotopic (exact) mass is 227 g/mol. The summed E-state index contributed by atoms with van der Waals surface area (Å²) in [7, 11) is 2.25. The van der Waals surface area contributed by atoms with Crippen molar-refractivity contribution in [2.75, 3.05) is 20.1 Å². The average Bonchev–Trinajstić information content (AvgIpc) is 2.14. The summed E-state index contributed by atoms with van der Waals surface area (Å²) < 4.78 is 0. The summed E-state index contributed by atoms with van der Waals surface area (Å²) >= 11 is 0. The fourth-order valence-corrected chi connectivity index (χ4v) is 2.18. The van der Waals surface area contributed by atoms with Crippen LogP contribution >= 0.6 is 0 Å². The van der Waals surface area contributed by atoms with Gasteiger partial charge in [-0.3, -0.25) is 0 Å². The van der Waals surface area contributed by atoms with Crippen LogP contribution in [0.15, 0.2) is 0 Å². The molecule has 0 saturated carbocycles. The standard InChI is InChI=1S/C15H33N/c1-14(2)11-9-7-6-8-10-12-16(5)13-15(3)4/h14-15H,6-13H2,1-5H3. The lowest BCUT2D eigenvalue weighted by atomic mass is 10.0. The van der Waals surface area contributed by atoms with Crippen molar-refractivity contribution in [1.29, 1.82) is 0 Å². The molecule has 0 rings (SSSR count). The molecule has 0 aromatic rings. The van der Waals surface area contributed by atoms with Gasteiger partial charge in [0.25, 0.3) is 0 Å². The molecule has 1 heteroatoms. The SMILES string of the molecule is CC(C)CCCCCCCN(C)CC(C)C. The summed E-state index contributed by atoms with van der Waals surface area (Å²) in [5, 5.41) is 0. The highest BCUT2D eigenvalue weighted by Gasteiger charge is 2.01. The lowest BCUT2D eigenvalue weighted by Crippen LogP contribution is -2.24. The Labute approximate surface area is 104 Å². The van der Waals surface area contributed by atoms with Crippen LogP contribution in [0.3, 0.4) is 0 Å². The molecule has 0 amide bonds. The smallest absolute Gasteiger partial charge is 0.000133 e. The molecule has 0 atom stereocenters. The fourth-order valence-electron chi connectivity index (χ4n) is 2.18. The quantitative estimate of drug-likeness (QED) is 0.494. The van der Waals surface area contributed by atoms with E-state index in [1.54, 1.807) is 0 Å². The Morgan fingerprint density at radius 1 is 0.750 bits per heavy atom. The zero-order valence-electron chi connectivity index (χ0n) is 12.3. The summed E-state index contributed by atoms with van der Waals surface area (Å²) in [6.07, 6.45) is 8.51. The zero-order chi connectivity index (χ0) is 12.4. The van der Waals surface area contributed by atoms with E-state index in [0.717, 1.165) is 11.8 Å². The minimum absolute atomic E-state index is 0.802. The minimum Gasteiger partial charge on any atom is -0.306 e. The molecule has 0 radical (unpaired) electrons. The summed E-state index contributed by atoms with van der Waals surface area (Å²) in [4.78, 5) is 2.47. The van der Waals surface area contributed by atoms with Crippen LogP contribution in [-0.4, -0.2) is 25.0 Å². The van der Waals surface area contributed by atoms with Gasteiger partial charge in [0.2, 0.25) is 0 Å². The molecular formula is C15H33N. The van der Waals surface area contributed by atoms with Crippen molar-refractivity contribution in [3.05, 3.63) is 0 Å². The average molecular weight is 227 g/mol. The van der Waals surface area contributed by atoms with Crippen LogP contribution in [0.4, 0.5) is 0 Å². The third kappa shape index (κ3) is 12.0. The minimum atomic E-state index is 0.802. The van der Waals surface area contributed by atoms with E-state index < -0.39 is 0 Å². The molecule has 0 fully saturated rings. The maximum Gasteiger partial charge on any atom is 0.000133 e. The van der Waals surface area contributed by atoms with Crippen LogP contribution in [-0.2, 0) is 0 Å². The molecule has 0 heterocycles. The number of hydrogen-bond donors (Lipinski definition) is 0. The molecular weight excluding hydrogens is 194 g/mol. The van der Waals surface area contributed by atoms with E-state index in [1.165, 1.54) is 51.6 Å². The van der Waals surface area contributed by atoms with E-state index in [2.05, 4.69) is 39.6 Å². The van der Waals surface area contributed by atoms with E-state index in [4.69, 9.17) is 0 Å². The molecule has 1 nitrogen and oxygen atoms in total. The maximum atomic E-state index is 2.47. The van der Waals surface area contributed by atoms with Crippen molar-refractivity contribution in [1.82, 2.24) is 4.90 Å². The van der Waals surface area contributed by atoms with Crippen LogP contribution in [0.5, 0.6) is 0 Å². The number of rotatable bonds is 10. The summed E-state index contributed by atoms with van der Waals surface area (Å²) in [5.74, 6) is 1.69. The van der Waals surface area contributed by atoms with Gasteiger partial charge in [0.15, 0.2) is 0 Å². The zero-order valence-corrected chi connectivity index (χ0v) is 12.3. The number of unbranched alkanes of at least 4 members (excludes halogenated alkanes) is 4. The van der Waals surface area contributed by atoms with Crippen molar-refractivity contribution in [2.45, 2.75) is 66.2 Å². The molecule has 0 spiro atoms. The third-order valence-corrected chi connectivity index (χ3v) is 3.00. The summed E-state index contributed by atoms with van der Waals surface area (Å²) in [5.41, 5.74) is 0. The predicted octanol–water partition coefficient (Wildman–Crippen LogP) is 4.57. The van der Waals surface area contributed by atoms with E-state index >= 15 is 0 Å². The van der Waals surface area contributed by atoms with Crippen molar-refractivity contribution < 1.29 is 0 Å². The highest BCUT2D eigenvalue weighted by molar-refractivity contribution is 4.55. The molecule has 0 N–H and O–H groups in total. The van der Waals surface area contributed by atoms with Gasteiger partial charge in [-0.2, -0.15) is 0 Å². The molecule has 98 valence electrons. The molecule has 0 unspecified atom stereocenters. The second-order valence-electron chi connectivity index (χ2n) is 6.11. The second-order valence-corrected chi connectivity index (χ2v) is 6.11. The third-order valence-electron chi connectivity index (χ3n) is 3.00. The first-order valence-corrected chi connectivity index (χ1v) is 7.21. The van der Waals surface area contributed by atoms with Crippen LogP contribution in [0, 0.1) is 11.8 Å². The van der Waals surface area contributed by atoms with Crippen LogP contribution in [0.2, 0.25) is 0 Å². The largest absolute Gasteiger partial charge is 0.306 e. The topological polar surface area (TPSA) is 3.24 Å². The first-order valence-electron chi connectivity index (χ1n) is 7.21. The molecule has 0 aliphatic rings. The van der Waals surface area contributed by atoms with Crippen molar-refractivity contribution >= 4 is 0 Å². The molecule has 0 saturated heterocycles. The van der Waals surface area contributed by atoms with Crippen LogP contribution in [0.1, 0.15) is 66.2 Å². The van der Waals surface area contributed by atoms with E-state index in [-0.39, 0.29) is 0 Å². The van der Waals surface area contributed by atoms with Crippen LogP contribution < -0.4 is 0 Å². The Morgan fingerprint density at radius 3 is 1.88 bits per heavy atom. The Kier molecular flexibility index (Phi) is 10.1. The number of nitrogens with zero attached hydrogens (tertiary/aromatic N) is 1. The summed E-state index contributed by atoms with van der Waals surface area (Å²) in [6.45, 7) is 11.8. The molecule has 0 aliphatic carbocycles. The highest BCUT2D eigenvalue weighted by atomic mass is 15.1.